The monoisotopic (exact) mass is 300 g/mol. The molecule has 0 radical (unpaired) electrons. The number of fused-ring (bicyclic) bond motifs is 1. The van der Waals surface area contributed by atoms with Gasteiger partial charge < -0.3 is 9.67 Å². The summed E-state index contributed by atoms with van der Waals surface area (Å²) >= 11 is 1.32. The maximum Gasteiger partial charge on any atom is 0.345 e. The Labute approximate surface area is 126 Å². The van der Waals surface area contributed by atoms with Gasteiger partial charge in [0, 0.05) is 4.88 Å². The van der Waals surface area contributed by atoms with Crippen molar-refractivity contribution in [1.29, 1.82) is 0 Å². The van der Waals surface area contributed by atoms with Crippen LogP contribution in [0.15, 0.2) is 24.5 Å². The number of carboxylic acid groups (broad SMARTS) is 1. The van der Waals surface area contributed by atoms with Gasteiger partial charge in [-0.25, -0.2) is 9.78 Å². The molecular weight excluding hydrogens is 284 g/mol. The number of hydrogen-bond donors (Lipinski definition) is 1. The summed E-state index contributed by atoms with van der Waals surface area (Å²) in [5.41, 5.74) is 5.56. The number of aromatic carboxylic acids is 1. The zero-order chi connectivity index (χ0) is 15.1. The van der Waals surface area contributed by atoms with E-state index in [0.717, 1.165) is 21.5 Å². The molecule has 2 aromatic heterocycles. The molecule has 2 heterocycles. The molecule has 0 fully saturated rings. The van der Waals surface area contributed by atoms with E-state index in [0.29, 0.717) is 11.4 Å². The Hall–Kier alpha value is -2.14. The van der Waals surface area contributed by atoms with Crippen LogP contribution in [0.25, 0.3) is 11.0 Å². The number of aryl methyl sites for hydroxylation is 3. The summed E-state index contributed by atoms with van der Waals surface area (Å²) in [5, 5.41) is 9.08. The van der Waals surface area contributed by atoms with Gasteiger partial charge in [-0.1, -0.05) is 0 Å². The van der Waals surface area contributed by atoms with Crippen LogP contribution < -0.4 is 0 Å². The van der Waals surface area contributed by atoms with Gasteiger partial charge in [0.15, 0.2) is 0 Å². The van der Waals surface area contributed by atoms with Crippen LogP contribution in [0.2, 0.25) is 0 Å². The number of thiophene rings is 1. The highest BCUT2D eigenvalue weighted by atomic mass is 32.1. The van der Waals surface area contributed by atoms with Crippen molar-refractivity contribution >= 4 is 28.3 Å². The van der Waals surface area contributed by atoms with Crippen LogP contribution in [0.1, 0.15) is 31.2 Å². The molecule has 1 N–H and O–H groups in total. The van der Waals surface area contributed by atoms with Gasteiger partial charge >= 0.3 is 5.97 Å². The fraction of sp³-hybridized carbons (Fsp3) is 0.250. The fourth-order valence-electron chi connectivity index (χ4n) is 2.40. The molecule has 0 aliphatic rings. The fourth-order valence-corrected chi connectivity index (χ4v) is 3.28. The Morgan fingerprint density at radius 2 is 1.95 bits per heavy atom. The van der Waals surface area contributed by atoms with Gasteiger partial charge in [-0.3, -0.25) is 0 Å². The van der Waals surface area contributed by atoms with Crippen LogP contribution in [0, 0.1) is 20.8 Å². The minimum atomic E-state index is -0.865. The SMILES string of the molecule is Cc1cc2ncn(Cc3cc(C(=O)O)sc3C)c2cc1C. The Balaban J connectivity index is 2.02. The lowest BCUT2D eigenvalue weighted by molar-refractivity contribution is 0.0702. The zero-order valence-electron chi connectivity index (χ0n) is 12.2. The van der Waals surface area contributed by atoms with Crippen molar-refractivity contribution in [2.45, 2.75) is 27.3 Å². The highest BCUT2D eigenvalue weighted by Crippen LogP contribution is 2.25. The van der Waals surface area contributed by atoms with Gasteiger partial charge in [-0.05, 0) is 55.7 Å². The van der Waals surface area contributed by atoms with E-state index < -0.39 is 5.97 Å². The molecule has 0 amide bonds. The first-order chi connectivity index (χ1) is 9.95. The molecule has 0 unspecified atom stereocenters. The third-order valence-corrected chi connectivity index (χ3v) is 4.89. The van der Waals surface area contributed by atoms with Crippen LogP contribution in [-0.2, 0) is 6.54 Å². The maximum absolute atomic E-state index is 11.1. The Kier molecular flexibility index (Phi) is 3.29. The average molecular weight is 300 g/mol. The molecule has 4 nitrogen and oxygen atoms in total. The summed E-state index contributed by atoms with van der Waals surface area (Å²) in [6.07, 6.45) is 1.82. The molecule has 1 aromatic carbocycles. The van der Waals surface area contributed by atoms with E-state index in [1.807, 2.05) is 13.3 Å². The van der Waals surface area contributed by atoms with Crippen molar-refractivity contribution in [3.63, 3.8) is 0 Å². The summed E-state index contributed by atoms with van der Waals surface area (Å²) in [4.78, 5) is 16.9. The second kappa shape index (κ2) is 5.00. The lowest BCUT2D eigenvalue weighted by atomic mass is 10.1. The van der Waals surface area contributed by atoms with E-state index in [-0.39, 0.29) is 0 Å². The normalized spacial score (nSPS) is 11.2. The minimum absolute atomic E-state index is 0.388. The third-order valence-electron chi connectivity index (χ3n) is 3.81. The molecule has 21 heavy (non-hydrogen) atoms. The number of imidazole rings is 1. The summed E-state index contributed by atoms with van der Waals surface area (Å²) in [6.45, 7) is 6.77. The molecule has 3 rings (SSSR count). The quantitative estimate of drug-likeness (QED) is 0.801. The van der Waals surface area contributed by atoms with Crippen molar-refractivity contribution in [3.05, 3.63) is 51.0 Å². The number of carboxylic acids is 1. The van der Waals surface area contributed by atoms with E-state index in [1.165, 1.54) is 22.5 Å². The van der Waals surface area contributed by atoms with Crippen LogP contribution in [-0.4, -0.2) is 20.6 Å². The van der Waals surface area contributed by atoms with Crippen molar-refractivity contribution < 1.29 is 9.90 Å². The number of nitrogens with zero attached hydrogens (tertiary/aromatic N) is 2. The highest BCUT2D eigenvalue weighted by Gasteiger charge is 2.13. The first kappa shape index (κ1) is 13.8. The van der Waals surface area contributed by atoms with Gasteiger partial charge in [0.05, 0.1) is 23.9 Å². The van der Waals surface area contributed by atoms with Crippen LogP contribution in [0.4, 0.5) is 0 Å². The Morgan fingerprint density at radius 3 is 2.62 bits per heavy atom. The minimum Gasteiger partial charge on any atom is -0.477 e. The van der Waals surface area contributed by atoms with E-state index in [2.05, 4.69) is 35.5 Å². The lowest BCUT2D eigenvalue weighted by Gasteiger charge is -2.06. The number of carbonyl (C=O) groups is 1. The predicted molar refractivity (Wildman–Crippen MR) is 84.3 cm³/mol. The third kappa shape index (κ3) is 2.45. The van der Waals surface area contributed by atoms with E-state index >= 15 is 0 Å². The number of benzene rings is 1. The van der Waals surface area contributed by atoms with Crippen LogP contribution in [0.5, 0.6) is 0 Å². The summed E-state index contributed by atoms with van der Waals surface area (Å²) in [6, 6.07) is 5.98. The molecule has 5 heteroatoms. The summed E-state index contributed by atoms with van der Waals surface area (Å²) in [5.74, 6) is -0.865. The van der Waals surface area contributed by atoms with Gasteiger partial charge in [-0.2, -0.15) is 0 Å². The Morgan fingerprint density at radius 1 is 1.24 bits per heavy atom. The number of aromatic nitrogens is 2. The van der Waals surface area contributed by atoms with Crippen LogP contribution >= 0.6 is 11.3 Å². The predicted octanol–water partition coefficient (Wildman–Crippen LogP) is 3.77. The number of rotatable bonds is 3. The van der Waals surface area contributed by atoms with Crippen molar-refractivity contribution in [3.8, 4) is 0 Å². The first-order valence-corrected chi connectivity index (χ1v) is 7.52. The molecule has 0 spiro atoms. The molecule has 0 aliphatic heterocycles. The smallest absolute Gasteiger partial charge is 0.345 e. The number of hydrogen-bond acceptors (Lipinski definition) is 3. The van der Waals surface area contributed by atoms with Gasteiger partial charge in [0.1, 0.15) is 4.88 Å². The van der Waals surface area contributed by atoms with Crippen molar-refractivity contribution in [1.82, 2.24) is 9.55 Å². The molecule has 3 aromatic rings. The van der Waals surface area contributed by atoms with E-state index in [1.54, 1.807) is 6.07 Å². The topological polar surface area (TPSA) is 55.1 Å². The van der Waals surface area contributed by atoms with Gasteiger partial charge in [-0.15, -0.1) is 11.3 Å². The maximum atomic E-state index is 11.1. The summed E-state index contributed by atoms with van der Waals surface area (Å²) < 4.78 is 2.07. The molecule has 0 bridgehead atoms. The largest absolute Gasteiger partial charge is 0.477 e. The second-order valence-corrected chi connectivity index (χ2v) is 6.55. The zero-order valence-corrected chi connectivity index (χ0v) is 13.0. The molecule has 0 saturated carbocycles. The molecule has 0 atom stereocenters. The van der Waals surface area contributed by atoms with Crippen molar-refractivity contribution in [2.75, 3.05) is 0 Å². The molecular formula is C16H16N2O2S. The van der Waals surface area contributed by atoms with Crippen molar-refractivity contribution in [2.24, 2.45) is 0 Å². The standard InChI is InChI=1S/C16H16N2O2S/c1-9-4-13-14(5-10(9)2)18(8-17-13)7-12-6-15(16(19)20)21-11(12)3/h4-6,8H,7H2,1-3H3,(H,19,20). The van der Waals surface area contributed by atoms with E-state index in [9.17, 15) is 4.79 Å². The van der Waals surface area contributed by atoms with E-state index in [4.69, 9.17) is 5.11 Å². The Bertz CT molecular complexity index is 845. The molecule has 0 saturated heterocycles. The second-order valence-electron chi connectivity index (χ2n) is 5.29. The molecule has 0 aliphatic carbocycles. The summed E-state index contributed by atoms with van der Waals surface area (Å²) in [7, 11) is 0. The first-order valence-electron chi connectivity index (χ1n) is 6.70. The van der Waals surface area contributed by atoms with Gasteiger partial charge in [0.2, 0.25) is 0 Å². The highest BCUT2D eigenvalue weighted by molar-refractivity contribution is 7.14. The molecule has 108 valence electrons. The van der Waals surface area contributed by atoms with Gasteiger partial charge in [0.25, 0.3) is 0 Å². The lowest BCUT2D eigenvalue weighted by Crippen LogP contribution is -1.99. The average Bonchev–Trinajstić information content (AvgIpc) is 2.97. The van der Waals surface area contributed by atoms with Crippen LogP contribution in [0.3, 0.4) is 0 Å².